The highest BCUT2D eigenvalue weighted by atomic mass is 16.2. The van der Waals surface area contributed by atoms with Crippen LogP contribution in [0.2, 0.25) is 0 Å². The number of likely N-dealkylation sites (tertiary alicyclic amines) is 1. The maximum absolute atomic E-state index is 12.6. The number of nitrogens with one attached hydrogen (secondary N) is 2. The molecule has 6 rings (SSSR count). The Balaban J connectivity index is 1.04. The monoisotopic (exact) mass is 382 g/mol. The molecular weight excluding hydrogens is 348 g/mol. The Morgan fingerprint density at radius 1 is 1.07 bits per heavy atom. The molecular formula is C23H34N4O. The summed E-state index contributed by atoms with van der Waals surface area (Å²) >= 11 is 0. The highest BCUT2D eigenvalue weighted by Crippen LogP contribution is 2.55. The van der Waals surface area contributed by atoms with Crippen molar-refractivity contribution in [3.63, 3.8) is 0 Å². The highest BCUT2D eigenvalue weighted by Gasteiger charge is 2.51. The van der Waals surface area contributed by atoms with Gasteiger partial charge in [0.05, 0.1) is 6.54 Å². The Hall–Kier alpha value is -1.46. The van der Waals surface area contributed by atoms with Gasteiger partial charge in [-0.1, -0.05) is 6.07 Å². The molecule has 0 unspecified atom stereocenters. The van der Waals surface area contributed by atoms with Gasteiger partial charge in [0.1, 0.15) is 0 Å². The molecule has 1 saturated heterocycles. The van der Waals surface area contributed by atoms with E-state index in [9.17, 15) is 4.79 Å². The molecule has 5 nitrogen and oxygen atoms in total. The van der Waals surface area contributed by atoms with Gasteiger partial charge in [-0.05, 0) is 81.3 Å². The van der Waals surface area contributed by atoms with E-state index in [1.165, 1.54) is 44.2 Å². The summed E-state index contributed by atoms with van der Waals surface area (Å²) in [7, 11) is 0. The van der Waals surface area contributed by atoms with E-state index in [1.54, 1.807) is 0 Å². The lowest BCUT2D eigenvalue weighted by Gasteiger charge is -2.56. The lowest BCUT2D eigenvalue weighted by Crippen LogP contribution is -2.61. The van der Waals surface area contributed by atoms with Crippen LogP contribution in [0.1, 0.15) is 63.0 Å². The molecule has 0 atom stereocenters. The first kappa shape index (κ1) is 18.6. The second-order valence-electron chi connectivity index (χ2n) is 9.98. The minimum atomic E-state index is 0.133. The fourth-order valence-electron chi connectivity index (χ4n) is 6.94. The molecule has 0 aromatic carbocycles. The molecule has 2 N–H and O–H groups in total. The van der Waals surface area contributed by atoms with Crippen LogP contribution >= 0.6 is 0 Å². The number of amides is 1. The normalized spacial score (nSPS) is 35.2. The van der Waals surface area contributed by atoms with E-state index in [2.05, 4.69) is 32.7 Å². The van der Waals surface area contributed by atoms with Crippen LogP contribution in [0.15, 0.2) is 24.4 Å². The first-order chi connectivity index (χ1) is 13.7. The third kappa shape index (κ3) is 3.97. The quantitative estimate of drug-likeness (QED) is 0.794. The third-order valence-corrected chi connectivity index (χ3v) is 7.76. The summed E-state index contributed by atoms with van der Waals surface area (Å²) in [6.45, 7) is 3.40. The number of hydrogen-bond acceptors (Lipinski definition) is 4. The van der Waals surface area contributed by atoms with Crippen molar-refractivity contribution in [3.05, 3.63) is 30.1 Å². The van der Waals surface area contributed by atoms with Gasteiger partial charge < -0.3 is 5.32 Å². The van der Waals surface area contributed by atoms with E-state index in [-0.39, 0.29) is 11.4 Å². The fraction of sp³-hybridized carbons (Fsp3) is 0.739. The molecule has 1 aromatic rings. The van der Waals surface area contributed by atoms with Crippen molar-refractivity contribution in [1.82, 2.24) is 20.5 Å². The van der Waals surface area contributed by atoms with Crippen LogP contribution < -0.4 is 10.6 Å². The van der Waals surface area contributed by atoms with Crippen molar-refractivity contribution in [2.75, 3.05) is 26.3 Å². The van der Waals surface area contributed by atoms with Crippen molar-refractivity contribution in [2.45, 2.75) is 62.8 Å². The van der Waals surface area contributed by atoms with Crippen molar-refractivity contribution in [2.24, 2.45) is 17.8 Å². The maximum Gasteiger partial charge on any atom is 0.234 e. The second-order valence-corrected chi connectivity index (χ2v) is 9.98. The first-order valence-electron chi connectivity index (χ1n) is 11.3. The number of rotatable bonds is 6. The third-order valence-electron chi connectivity index (χ3n) is 7.76. The van der Waals surface area contributed by atoms with Crippen LogP contribution in [0.5, 0.6) is 0 Å². The van der Waals surface area contributed by atoms with Crippen LogP contribution in [0, 0.1) is 17.8 Å². The summed E-state index contributed by atoms with van der Waals surface area (Å²) in [5.41, 5.74) is 1.36. The van der Waals surface area contributed by atoms with Crippen LogP contribution in [-0.2, 0) is 4.79 Å². The van der Waals surface area contributed by atoms with Gasteiger partial charge in [-0.3, -0.25) is 20.0 Å². The molecule has 0 spiro atoms. The predicted octanol–water partition coefficient (Wildman–Crippen LogP) is 2.89. The van der Waals surface area contributed by atoms with E-state index in [1.807, 2.05) is 12.3 Å². The standard InChI is InChI=1S/C23H34N4O/c28-22(26-23-12-17-9-18(13-23)11-19(10-17)14-23)15-24-16-27-7-4-20(5-8-27)21-3-1-2-6-25-21/h1-3,6,17-20,24H,4-5,7-16H2,(H,26,28). The Bertz CT molecular complexity index is 648. The van der Waals surface area contributed by atoms with E-state index in [4.69, 9.17) is 0 Å². The fourth-order valence-corrected chi connectivity index (χ4v) is 6.94. The number of carbonyl (C=O) groups is 1. The number of pyridine rings is 1. The second kappa shape index (κ2) is 7.75. The van der Waals surface area contributed by atoms with Gasteiger partial charge in [-0.25, -0.2) is 0 Å². The van der Waals surface area contributed by atoms with Gasteiger partial charge in [-0.15, -0.1) is 0 Å². The van der Waals surface area contributed by atoms with Gasteiger partial charge >= 0.3 is 0 Å². The van der Waals surface area contributed by atoms with Gasteiger partial charge in [0.15, 0.2) is 0 Å². The summed E-state index contributed by atoms with van der Waals surface area (Å²) in [4.78, 5) is 19.5. The molecule has 0 radical (unpaired) electrons. The Labute approximate surface area is 168 Å². The molecule has 5 fully saturated rings. The Morgan fingerprint density at radius 3 is 2.36 bits per heavy atom. The summed E-state index contributed by atoms with van der Waals surface area (Å²) in [5, 5.41) is 6.85. The molecule has 5 aliphatic rings. The molecule has 4 aliphatic carbocycles. The van der Waals surface area contributed by atoms with Crippen LogP contribution in [0.25, 0.3) is 0 Å². The number of carbonyl (C=O) groups excluding carboxylic acids is 1. The van der Waals surface area contributed by atoms with Gasteiger partial charge in [0, 0.05) is 43.1 Å². The van der Waals surface area contributed by atoms with Crippen LogP contribution in [0.3, 0.4) is 0 Å². The molecule has 4 saturated carbocycles. The van der Waals surface area contributed by atoms with Crippen molar-refractivity contribution < 1.29 is 4.79 Å². The largest absolute Gasteiger partial charge is 0.350 e. The molecule has 1 amide bonds. The predicted molar refractivity (Wildman–Crippen MR) is 110 cm³/mol. The topological polar surface area (TPSA) is 57.3 Å². The molecule has 4 bridgehead atoms. The van der Waals surface area contributed by atoms with Gasteiger partial charge in [0.2, 0.25) is 5.91 Å². The van der Waals surface area contributed by atoms with Crippen molar-refractivity contribution in [1.29, 1.82) is 0 Å². The first-order valence-corrected chi connectivity index (χ1v) is 11.3. The lowest BCUT2D eigenvalue weighted by molar-refractivity contribution is -0.126. The molecule has 28 heavy (non-hydrogen) atoms. The Morgan fingerprint density at radius 2 is 1.75 bits per heavy atom. The molecule has 152 valence electrons. The zero-order valence-corrected chi connectivity index (χ0v) is 16.9. The Kier molecular flexibility index (Phi) is 5.14. The highest BCUT2D eigenvalue weighted by molar-refractivity contribution is 5.79. The number of hydrogen-bond donors (Lipinski definition) is 2. The van der Waals surface area contributed by atoms with E-state index < -0.39 is 0 Å². The zero-order valence-electron chi connectivity index (χ0n) is 16.9. The zero-order chi connectivity index (χ0) is 19.0. The van der Waals surface area contributed by atoms with E-state index >= 15 is 0 Å². The average Bonchev–Trinajstić information content (AvgIpc) is 2.68. The number of aromatic nitrogens is 1. The van der Waals surface area contributed by atoms with E-state index in [0.717, 1.165) is 50.4 Å². The van der Waals surface area contributed by atoms with Crippen LogP contribution in [-0.4, -0.2) is 47.6 Å². The minimum absolute atomic E-state index is 0.133. The SMILES string of the molecule is O=C(CNCN1CCC(c2ccccn2)CC1)NC12CC3CC(CC(C3)C1)C2. The van der Waals surface area contributed by atoms with E-state index in [0.29, 0.717) is 12.5 Å². The molecule has 1 aliphatic heterocycles. The number of nitrogens with zero attached hydrogens (tertiary/aromatic N) is 2. The minimum Gasteiger partial charge on any atom is -0.350 e. The molecule has 5 heteroatoms. The smallest absolute Gasteiger partial charge is 0.234 e. The lowest BCUT2D eigenvalue weighted by atomic mass is 9.53. The number of piperidine rings is 1. The summed E-state index contributed by atoms with van der Waals surface area (Å²) in [6, 6.07) is 6.21. The maximum atomic E-state index is 12.6. The van der Waals surface area contributed by atoms with Gasteiger partial charge in [-0.2, -0.15) is 0 Å². The summed E-state index contributed by atoms with van der Waals surface area (Å²) in [5.74, 6) is 3.40. The average molecular weight is 383 g/mol. The summed E-state index contributed by atoms with van der Waals surface area (Å²) in [6.07, 6.45) is 12.1. The van der Waals surface area contributed by atoms with Crippen molar-refractivity contribution in [3.8, 4) is 0 Å². The molecule has 2 heterocycles. The van der Waals surface area contributed by atoms with Gasteiger partial charge in [0.25, 0.3) is 0 Å². The van der Waals surface area contributed by atoms with Crippen molar-refractivity contribution >= 4 is 5.91 Å². The summed E-state index contributed by atoms with van der Waals surface area (Å²) < 4.78 is 0. The van der Waals surface area contributed by atoms with Crippen LogP contribution in [0.4, 0.5) is 0 Å². The molecule has 1 aromatic heterocycles.